The zero-order valence-corrected chi connectivity index (χ0v) is 14.8. The smallest absolute Gasteiger partial charge is 0.246 e. The molecular weight excluding hydrogens is 349 g/mol. The third-order valence-corrected chi connectivity index (χ3v) is 5.28. The molecule has 1 aromatic rings. The van der Waals surface area contributed by atoms with Crippen molar-refractivity contribution in [3.05, 3.63) is 40.4 Å². The number of anilines is 1. The molecule has 0 saturated carbocycles. The minimum atomic E-state index is -0.0233. The summed E-state index contributed by atoms with van der Waals surface area (Å²) in [6.07, 6.45) is 1.72. The number of carbonyl (C=O) groups is 2. The molecule has 5 nitrogen and oxygen atoms in total. The minimum absolute atomic E-state index is 0.0233. The largest absolute Gasteiger partial charge is 0.337 e. The van der Waals surface area contributed by atoms with Crippen LogP contribution in [0.2, 0.25) is 10.0 Å². The molecule has 128 valence electrons. The molecule has 0 aliphatic carbocycles. The van der Waals surface area contributed by atoms with Crippen LogP contribution in [0.25, 0.3) is 0 Å². The molecule has 0 bridgehead atoms. The first-order valence-electron chi connectivity index (χ1n) is 7.91. The Hall–Kier alpha value is -1.56. The van der Waals surface area contributed by atoms with Gasteiger partial charge in [0.25, 0.3) is 0 Å². The summed E-state index contributed by atoms with van der Waals surface area (Å²) in [5, 5.41) is 0.944. The molecule has 2 aliphatic rings. The number of nitrogens with zero attached hydrogens (tertiary/aromatic N) is 3. The number of piperazine rings is 1. The highest BCUT2D eigenvalue weighted by Crippen LogP contribution is 2.35. The van der Waals surface area contributed by atoms with Crippen LogP contribution >= 0.6 is 23.2 Å². The van der Waals surface area contributed by atoms with Crippen LogP contribution in [0, 0.1) is 0 Å². The molecule has 1 saturated heterocycles. The third kappa shape index (κ3) is 3.43. The van der Waals surface area contributed by atoms with Gasteiger partial charge in [0.05, 0.1) is 16.5 Å². The lowest BCUT2D eigenvalue weighted by Gasteiger charge is -2.35. The standard InChI is InChI=1S/C17H19Cl2N3O2/c1-2-16(23)21-6-3-20(4-7-21)5-8-22-15-11-14(19)13(18)9-12(15)10-17(22)24/h2,9,11H,1,3-8,10H2. The maximum atomic E-state index is 12.3. The lowest BCUT2D eigenvalue weighted by Crippen LogP contribution is -2.50. The number of hydrogen-bond acceptors (Lipinski definition) is 3. The highest BCUT2D eigenvalue weighted by atomic mass is 35.5. The predicted octanol–water partition coefficient (Wildman–Crippen LogP) is 2.21. The predicted molar refractivity (Wildman–Crippen MR) is 95.7 cm³/mol. The average molecular weight is 368 g/mol. The van der Waals surface area contributed by atoms with Gasteiger partial charge in [0, 0.05) is 45.0 Å². The van der Waals surface area contributed by atoms with Gasteiger partial charge in [0.2, 0.25) is 11.8 Å². The summed E-state index contributed by atoms with van der Waals surface area (Å²) in [4.78, 5) is 29.7. The summed E-state index contributed by atoms with van der Waals surface area (Å²) in [6.45, 7) is 7.88. The van der Waals surface area contributed by atoms with E-state index in [1.807, 2.05) is 0 Å². The van der Waals surface area contributed by atoms with Crippen molar-refractivity contribution in [2.24, 2.45) is 0 Å². The van der Waals surface area contributed by atoms with E-state index in [4.69, 9.17) is 23.2 Å². The Morgan fingerprint density at radius 2 is 1.79 bits per heavy atom. The van der Waals surface area contributed by atoms with Crippen molar-refractivity contribution in [3.8, 4) is 0 Å². The quantitative estimate of drug-likeness (QED) is 0.766. The fourth-order valence-corrected chi connectivity index (χ4v) is 3.51. The van der Waals surface area contributed by atoms with Crippen LogP contribution in [-0.4, -0.2) is 60.9 Å². The molecule has 2 amide bonds. The number of halogens is 2. The van der Waals surface area contributed by atoms with Gasteiger partial charge < -0.3 is 9.80 Å². The zero-order chi connectivity index (χ0) is 17.3. The second-order valence-corrected chi connectivity index (χ2v) is 6.80. The topological polar surface area (TPSA) is 43.9 Å². The number of amides is 2. The molecule has 2 heterocycles. The average Bonchev–Trinajstić information content (AvgIpc) is 2.87. The summed E-state index contributed by atoms with van der Waals surface area (Å²) < 4.78 is 0. The molecule has 3 rings (SSSR count). The van der Waals surface area contributed by atoms with Gasteiger partial charge in [-0.2, -0.15) is 0 Å². The van der Waals surface area contributed by atoms with E-state index in [2.05, 4.69) is 11.5 Å². The van der Waals surface area contributed by atoms with E-state index in [1.165, 1.54) is 6.08 Å². The first-order chi connectivity index (χ1) is 11.5. The van der Waals surface area contributed by atoms with Crippen molar-refractivity contribution in [2.75, 3.05) is 44.2 Å². The molecule has 24 heavy (non-hydrogen) atoms. The van der Waals surface area contributed by atoms with Gasteiger partial charge in [-0.3, -0.25) is 14.5 Å². The second-order valence-electron chi connectivity index (χ2n) is 5.99. The Morgan fingerprint density at radius 3 is 2.46 bits per heavy atom. The van der Waals surface area contributed by atoms with Gasteiger partial charge in [-0.25, -0.2) is 0 Å². The van der Waals surface area contributed by atoms with E-state index in [0.717, 1.165) is 30.9 Å². The Morgan fingerprint density at radius 1 is 1.12 bits per heavy atom. The SMILES string of the molecule is C=CC(=O)N1CCN(CCN2C(=O)Cc3cc(Cl)c(Cl)cc32)CC1. The number of rotatable bonds is 4. The van der Waals surface area contributed by atoms with Gasteiger partial charge in [-0.1, -0.05) is 29.8 Å². The van der Waals surface area contributed by atoms with Crippen molar-refractivity contribution in [3.63, 3.8) is 0 Å². The number of carbonyl (C=O) groups excluding carboxylic acids is 2. The lowest BCUT2D eigenvalue weighted by molar-refractivity contribution is -0.127. The van der Waals surface area contributed by atoms with Crippen LogP contribution in [0.15, 0.2) is 24.8 Å². The van der Waals surface area contributed by atoms with Crippen LogP contribution in [0.4, 0.5) is 5.69 Å². The van der Waals surface area contributed by atoms with Gasteiger partial charge in [-0.15, -0.1) is 0 Å². The lowest BCUT2D eigenvalue weighted by atomic mass is 10.2. The molecule has 0 aromatic heterocycles. The molecule has 0 atom stereocenters. The summed E-state index contributed by atoms with van der Waals surface area (Å²) in [5.74, 6) is 0.0497. The Bertz CT molecular complexity index is 685. The maximum Gasteiger partial charge on any atom is 0.246 e. The summed E-state index contributed by atoms with van der Waals surface area (Å²) in [6, 6.07) is 3.54. The van der Waals surface area contributed by atoms with Gasteiger partial charge in [0.1, 0.15) is 0 Å². The van der Waals surface area contributed by atoms with Crippen LogP contribution in [0.3, 0.4) is 0 Å². The molecule has 0 radical (unpaired) electrons. The molecule has 7 heteroatoms. The van der Waals surface area contributed by atoms with E-state index >= 15 is 0 Å². The summed E-state index contributed by atoms with van der Waals surface area (Å²) in [7, 11) is 0. The van der Waals surface area contributed by atoms with Crippen LogP contribution in [0.1, 0.15) is 5.56 Å². The summed E-state index contributed by atoms with van der Waals surface area (Å²) in [5.41, 5.74) is 1.78. The van der Waals surface area contributed by atoms with E-state index in [0.29, 0.717) is 36.1 Å². The number of fused-ring (bicyclic) bond motifs is 1. The maximum absolute atomic E-state index is 12.3. The van der Waals surface area contributed by atoms with Crippen LogP contribution in [-0.2, 0) is 16.0 Å². The highest BCUT2D eigenvalue weighted by molar-refractivity contribution is 6.42. The molecular formula is C17H19Cl2N3O2. The van der Waals surface area contributed by atoms with Crippen molar-refractivity contribution in [2.45, 2.75) is 6.42 Å². The molecule has 0 spiro atoms. The molecule has 2 aliphatic heterocycles. The third-order valence-electron chi connectivity index (χ3n) is 4.55. The van der Waals surface area contributed by atoms with E-state index < -0.39 is 0 Å². The van der Waals surface area contributed by atoms with Crippen LogP contribution < -0.4 is 4.90 Å². The Kier molecular flexibility index (Phi) is 5.13. The number of hydrogen-bond donors (Lipinski definition) is 0. The van der Waals surface area contributed by atoms with E-state index in [1.54, 1.807) is 21.9 Å². The normalized spacial score (nSPS) is 18.0. The monoisotopic (exact) mass is 367 g/mol. The molecule has 1 fully saturated rings. The molecule has 0 N–H and O–H groups in total. The summed E-state index contributed by atoms with van der Waals surface area (Å²) >= 11 is 12.1. The highest BCUT2D eigenvalue weighted by Gasteiger charge is 2.29. The van der Waals surface area contributed by atoms with Gasteiger partial charge >= 0.3 is 0 Å². The molecule has 0 unspecified atom stereocenters. The zero-order valence-electron chi connectivity index (χ0n) is 13.3. The van der Waals surface area contributed by atoms with E-state index in [9.17, 15) is 9.59 Å². The van der Waals surface area contributed by atoms with Crippen molar-refractivity contribution in [1.29, 1.82) is 0 Å². The second kappa shape index (κ2) is 7.13. The van der Waals surface area contributed by atoms with Gasteiger partial charge in [-0.05, 0) is 23.8 Å². The number of benzene rings is 1. The van der Waals surface area contributed by atoms with Crippen molar-refractivity contribution >= 4 is 40.7 Å². The van der Waals surface area contributed by atoms with Crippen LogP contribution in [0.5, 0.6) is 0 Å². The fourth-order valence-electron chi connectivity index (χ4n) is 3.17. The van der Waals surface area contributed by atoms with Crippen molar-refractivity contribution < 1.29 is 9.59 Å². The first-order valence-corrected chi connectivity index (χ1v) is 8.67. The van der Waals surface area contributed by atoms with Gasteiger partial charge in [0.15, 0.2) is 0 Å². The first kappa shape index (κ1) is 17.3. The van der Waals surface area contributed by atoms with E-state index in [-0.39, 0.29) is 11.8 Å². The Labute approximate surface area is 151 Å². The minimum Gasteiger partial charge on any atom is -0.337 e. The Balaban J connectivity index is 1.59. The fraction of sp³-hybridized carbons (Fsp3) is 0.412. The van der Waals surface area contributed by atoms with Crippen molar-refractivity contribution in [1.82, 2.24) is 9.80 Å². The molecule has 1 aromatic carbocycles.